The largest absolute Gasteiger partial charge is 0.477 e. The molecule has 1 aromatic heterocycles. The van der Waals surface area contributed by atoms with E-state index in [1.165, 1.54) is 23.2 Å². The van der Waals surface area contributed by atoms with Crippen molar-refractivity contribution in [3.8, 4) is 0 Å². The Morgan fingerprint density at radius 1 is 1.19 bits per heavy atom. The highest BCUT2D eigenvalue weighted by molar-refractivity contribution is 5.90. The molecule has 1 unspecified atom stereocenters. The molecule has 1 saturated heterocycles. The summed E-state index contributed by atoms with van der Waals surface area (Å²) < 4.78 is 32.4. The van der Waals surface area contributed by atoms with E-state index >= 15 is 4.39 Å². The van der Waals surface area contributed by atoms with Crippen LogP contribution in [0.4, 0.5) is 14.6 Å². The molecule has 6 rings (SSSR count). The molecule has 2 saturated carbocycles. The van der Waals surface area contributed by atoms with Crippen molar-refractivity contribution < 1.29 is 18.7 Å². The molecule has 1 aromatic rings. The maximum atomic E-state index is 15.8. The second-order valence-corrected chi connectivity index (χ2v) is 9.07. The highest BCUT2D eigenvalue weighted by atomic mass is 19.2. The van der Waals surface area contributed by atoms with Crippen LogP contribution < -0.4 is 16.1 Å². The Hall–Kier alpha value is -2.78. The van der Waals surface area contributed by atoms with Gasteiger partial charge in [-0.2, -0.15) is 0 Å². The average Bonchev–Trinajstić information content (AvgIpc) is 3.58. The molecule has 162 valence electrons. The monoisotopic (exact) mass is 428 g/mol. The quantitative estimate of drug-likeness (QED) is 0.625. The van der Waals surface area contributed by atoms with Crippen LogP contribution in [0.3, 0.4) is 0 Å². The molecule has 3 fully saturated rings. The number of pyridine rings is 1. The molecule has 0 aromatic carbocycles. The highest BCUT2D eigenvalue weighted by Gasteiger charge is 2.49. The SMILES string of the molecule is O=C(O)c1cn(C2CC2)c2c(c1=O)C=C1C=C(F)C(F)(N3CC(NC4CC4)C3)C=C1N2. The Kier molecular flexibility index (Phi) is 3.89. The first-order valence-electron chi connectivity index (χ1n) is 10.7. The summed E-state index contributed by atoms with van der Waals surface area (Å²) in [6.45, 7) is 0.838. The van der Waals surface area contributed by atoms with Gasteiger partial charge < -0.3 is 20.3 Å². The van der Waals surface area contributed by atoms with Gasteiger partial charge in [0.25, 0.3) is 0 Å². The summed E-state index contributed by atoms with van der Waals surface area (Å²) in [6, 6.07) is 0.762. The van der Waals surface area contributed by atoms with E-state index < -0.39 is 23.0 Å². The van der Waals surface area contributed by atoms with E-state index in [4.69, 9.17) is 0 Å². The molecule has 5 aliphatic rings. The van der Waals surface area contributed by atoms with Crippen LogP contribution in [0.15, 0.2) is 40.2 Å². The smallest absolute Gasteiger partial charge is 0.341 e. The number of carboxylic acids is 1. The average molecular weight is 428 g/mol. The molecule has 0 bridgehead atoms. The van der Waals surface area contributed by atoms with Gasteiger partial charge in [0, 0.05) is 48.7 Å². The summed E-state index contributed by atoms with van der Waals surface area (Å²) in [5.41, 5.74) is -0.0972. The van der Waals surface area contributed by atoms with Gasteiger partial charge in [-0.15, -0.1) is 0 Å². The van der Waals surface area contributed by atoms with E-state index in [9.17, 15) is 19.1 Å². The minimum atomic E-state index is -2.34. The first-order chi connectivity index (χ1) is 14.8. The van der Waals surface area contributed by atoms with Crippen LogP contribution in [0.5, 0.6) is 0 Å². The Morgan fingerprint density at radius 2 is 1.94 bits per heavy atom. The third-order valence-electron chi connectivity index (χ3n) is 6.65. The first-order valence-corrected chi connectivity index (χ1v) is 10.7. The maximum Gasteiger partial charge on any atom is 0.341 e. The zero-order valence-corrected chi connectivity index (χ0v) is 16.7. The number of nitrogens with zero attached hydrogens (tertiary/aromatic N) is 2. The summed E-state index contributed by atoms with van der Waals surface area (Å²) >= 11 is 0. The van der Waals surface area contributed by atoms with E-state index in [1.807, 2.05) is 0 Å². The molecule has 0 radical (unpaired) electrons. The number of allylic oxidation sites excluding steroid dienone is 1. The number of aromatic nitrogens is 1. The van der Waals surface area contributed by atoms with Crippen LogP contribution in [-0.4, -0.2) is 51.5 Å². The van der Waals surface area contributed by atoms with Crippen LogP contribution in [0, 0.1) is 0 Å². The summed E-state index contributed by atoms with van der Waals surface area (Å²) in [4.78, 5) is 25.7. The molecule has 0 amide bonds. The summed E-state index contributed by atoms with van der Waals surface area (Å²) in [5.74, 6) is -4.15. The Balaban J connectivity index is 1.36. The molecule has 3 N–H and O–H groups in total. The van der Waals surface area contributed by atoms with Crippen LogP contribution in [-0.2, 0) is 0 Å². The topological polar surface area (TPSA) is 86.6 Å². The van der Waals surface area contributed by atoms with Crippen molar-refractivity contribution in [2.75, 3.05) is 18.4 Å². The van der Waals surface area contributed by atoms with E-state index in [0.29, 0.717) is 36.2 Å². The van der Waals surface area contributed by atoms with Gasteiger partial charge in [0.2, 0.25) is 11.2 Å². The fourth-order valence-corrected chi connectivity index (χ4v) is 4.56. The normalized spacial score (nSPS) is 27.9. The van der Waals surface area contributed by atoms with Gasteiger partial charge in [-0.3, -0.25) is 9.69 Å². The van der Waals surface area contributed by atoms with Crippen molar-refractivity contribution in [3.05, 3.63) is 56.8 Å². The van der Waals surface area contributed by atoms with E-state index in [1.54, 1.807) is 4.57 Å². The van der Waals surface area contributed by atoms with Crippen molar-refractivity contribution in [1.82, 2.24) is 14.8 Å². The van der Waals surface area contributed by atoms with Gasteiger partial charge in [0.15, 0.2) is 5.83 Å². The van der Waals surface area contributed by atoms with Gasteiger partial charge in [-0.25, -0.2) is 13.6 Å². The lowest BCUT2D eigenvalue weighted by molar-refractivity contribution is -0.0423. The molecule has 1 atom stereocenters. The second-order valence-electron chi connectivity index (χ2n) is 9.07. The van der Waals surface area contributed by atoms with E-state index in [2.05, 4.69) is 10.6 Å². The van der Waals surface area contributed by atoms with Crippen LogP contribution >= 0.6 is 0 Å². The number of rotatable bonds is 5. The number of hydrogen-bond acceptors (Lipinski definition) is 5. The predicted octanol–water partition coefficient (Wildman–Crippen LogP) is 2.54. The number of fused-ring (bicyclic) bond motifs is 2. The number of hydrogen-bond donors (Lipinski definition) is 3. The van der Waals surface area contributed by atoms with Crippen molar-refractivity contribution in [3.63, 3.8) is 0 Å². The minimum absolute atomic E-state index is 0.0890. The number of carboxylic acid groups (broad SMARTS) is 1. The molecule has 3 heterocycles. The fraction of sp³-hybridized carbons (Fsp3) is 0.455. The lowest BCUT2D eigenvalue weighted by Gasteiger charge is -2.47. The fourth-order valence-electron chi connectivity index (χ4n) is 4.56. The standard InChI is InChI=1S/C22H22F2N4O3/c23-18-6-11-5-15-19(29)16(21(30)31)10-28(14-3-4-14)20(15)26-17(11)7-22(18,24)27-8-13(9-27)25-12-1-2-12/h5-7,10,12-14,25-26H,1-4,8-9H2,(H,30,31). The van der Waals surface area contributed by atoms with Gasteiger partial charge in [-0.1, -0.05) is 0 Å². The predicted molar refractivity (Wildman–Crippen MR) is 110 cm³/mol. The number of halogens is 2. The zero-order valence-electron chi connectivity index (χ0n) is 16.7. The first kappa shape index (κ1) is 18.9. The van der Waals surface area contributed by atoms with Crippen LogP contribution in [0.1, 0.15) is 47.6 Å². The summed E-state index contributed by atoms with van der Waals surface area (Å²) in [6.07, 6.45) is 9.15. The third-order valence-corrected chi connectivity index (χ3v) is 6.65. The highest BCUT2D eigenvalue weighted by Crippen LogP contribution is 2.44. The lowest BCUT2D eigenvalue weighted by Crippen LogP contribution is -2.65. The van der Waals surface area contributed by atoms with Gasteiger partial charge in [0.05, 0.1) is 5.56 Å². The number of anilines is 1. The molecular formula is C22H22F2N4O3. The number of aromatic carboxylic acids is 1. The van der Waals surface area contributed by atoms with Gasteiger partial charge >= 0.3 is 5.97 Å². The number of likely N-dealkylation sites (tertiary alicyclic amines) is 1. The number of carbonyl (C=O) groups is 1. The van der Waals surface area contributed by atoms with Crippen molar-refractivity contribution in [2.45, 2.75) is 49.6 Å². The number of nitrogens with one attached hydrogen (secondary N) is 2. The Morgan fingerprint density at radius 3 is 2.58 bits per heavy atom. The molecule has 31 heavy (non-hydrogen) atoms. The second kappa shape index (κ2) is 6.37. The Bertz CT molecular complexity index is 1160. The van der Waals surface area contributed by atoms with E-state index in [-0.39, 0.29) is 23.2 Å². The van der Waals surface area contributed by atoms with E-state index in [0.717, 1.165) is 31.8 Å². The van der Waals surface area contributed by atoms with Gasteiger partial charge in [0.1, 0.15) is 11.4 Å². The molecule has 2 aliphatic heterocycles. The van der Waals surface area contributed by atoms with Crippen molar-refractivity contribution in [1.29, 1.82) is 0 Å². The molecule has 7 nitrogen and oxygen atoms in total. The molecule has 3 aliphatic carbocycles. The zero-order chi connectivity index (χ0) is 21.5. The number of alkyl halides is 1. The van der Waals surface area contributed by atoms with Crippen molar-refractivity contribution >= 4 is 17.9 Å². The minimum Gasteiger partial charge on any atom is -0.477 e. The maximum absolute atomic E-state index is 15.8. The molecular weight excluding hydrogens is 406 g/mol. The summed E-state index contributed by atoms with van der Waals surface area (Å²) in [7, 11) is 0. The molecule has 9 heteroatoms. The summed E-state index contributed by atoms with van der Waals surface area (Å²) in [5, 5.41) is 15.9. The van der Waals surface area contributed by atoms with Crippen LogP contribution in [0.2, 0.25) is 0 Å². The van der Waals surface area contributed by atoms with Gasteiger partial charge in [-0.05, 0) is 43.9 Å². The third kappa shape index (κ3) is 2.98. The van der Waals surface area contributed by atoms with Crippen molar-refractivity contribution in [2.24, 2.45) is 0 Å². The van der Waals surface area contributed by atoms with Crippen LogP contribution in [0.25, 0.3) is 6.08 Å². The Labute approximate surface area is 176 Å². The molecule has 0 spiro atoms. The lowest BCUT2D eigenvalue weighted by atomic mass is 9.91.